The molecule has 294 valence electrons. The summed E-state index contributed by atoms with van der Waals surface area (Å²) >= 11 is 6.51. The van der Waals surface area contributed by atoms with E-state index in [0.717, 1.165) is 88.7 Å². The van der Waals surface area contributed by atoms with Crippen LogP contribution in [0, 0.1) is 17.8 Å². The van der Waals surface area contributed by atoms with Crippen LogP contribution in [0.4, 0.5) is 5.69 Å². The van der Waals surface area contributed by atoms with E-state index in [1.54, 1.807) is 13.0 Å². The van der Waals surface area contributed by atoms with E-state index in [9.17, 15) is 13.2 Å². The van der Waals surface area contributed by atoms with Crippen molar-refractivity contribution < 1.29 is 27.4 Å². The summed E-state index contributed by atoms with van der Waals surface area (Å²) in [6.07, 6.45) is 10.3. The fraction of sp³-hybridized carbons (Fsp3) is 0.643. The van der Waals surface area contributed by atoms with Crippen LogP contribution in [-0.2, 0) is 31.3 Å². The van der Waals surface area contributed by atoms with Gasteiger partial charge in [-0.15, -0.1) is 0 Å². The number of sulfonamides is 1. The molecule has 1 N–H and O–H groups in total. The van der Waals surface area contributed by atoms with Crippen molar-refractivity contribution in [2.75, 3.05) is 71.0 Å². The lowest BCUT2D eigenvalue weighted by Gasteiger charge is -2.53. The van der Waals surface area contributed by atoms with Gasteiger partial charge in [0.05, 0.1) is 30.3 Å². The largest absolute Gasteiger partial charge is 0.490 e. The Morgan fingerprint density at radius 2 is 1.91 bits per heavy atom. The molecular weight excluding hydrogens is 724 g/mol. The molecular formula is C42H57ClN4O6S. The lowest BCUT2D eigenvalue weighted by Crippen LogP contribution is -2.63. The molecule has 12 heteroatoms. The Labute approximate surface area is 326 Å². The Bertz CT molecular complexity index is 1880. The average molecular weight is 781 g/mol. The third-order valence-electron chi connectivity index (χ3n) is 13.8. The van der Waals surface area contributed by atoms with Crippen LogP contribution in [0.3, 0.4) is 0 Å². The number of aryl methyl sites for hydroxylation is 1. The summed E-state index contributed by atoms with van der Waals surface area (Å²) in [4.78, 5) is 21.3. The minimum Gasteiger partial charge on any atom is -0.490 e. The van der Waals surface area contributed by atoms with E-state index < -0.39 is 26.8 Å². The smallest absolute Gasteiger partial charge is 0.264 e. The Hall–Kier alpha value is -2.67. The molecule has 54 heavy (non-hydrogen) atoms. The number of benzene rings is 2. The molecule has 1 amide bonds. The van der Waals surface area contributed by atoms with Crippen molar-refractivity contribution in [2.45, 2.75) is 87.7 Å². The first kappa shape index (κ1) is 38.2. The van der Waals surface area contributed by atoms with Crippen LogP contribution in [0.15, 0.2) is 48.6 Å². The van der Waals surface area contributed by atoms with Gasteiger partial charge in [-0.3, -0.25) is 14.6 Å². The first-order chi connectivity index (χ1) is 25.9. The maximum atomic E-state index is 13.7. The number of nitrogens with one attached hydrogen (secondary N) is 1. The third-order valence-corrected chi connectivity index (χ3v) is 16.0. The Morgan fingerprint density at radius 1 is 1.06 bits per heavy atom. The van der Waals surface area contributed by atoms with E-state index in [4.69, 9.17) is 25.8 Å². The zero-order valence-corrected chi connectivity index (χ0v) is 33.8. The molecule has 0 aromatic heterocycles. The number of methoxy groups -OCH3 is 1. The van der Waals surface area contributed by atoms with E-state index >= 15 is 0 Å². The minimum absolute atomic E-state index is 0.225. The molecule has 8 rings (SSSR count). The predicted octanol–water partition coefficient (Wildman–Crippen LogP) is 5.67. The molecule has 2 aromatic carbocycles. The van der Waals surface area contributed by atoms with Crippen molar-refractivity contribution in [2.24, 2.45) is 17.8 Å². The molecule has 2 aliphatic carbocycles. The number of hydrogen-bond acceptors (Lipinski definition) is 9. The summed E-state index contributed by atoms with van der Waals surface area (Å²) in [5.74, 6) is 0.445. The topological polar surface area (TPSA) is 101 Å². The van der Waals surface area contributed by atoms with Crippen LogP contribution in [0.1, 0.15) is 74.4 Å². The summed E-state index contributed by atoms with van der Waals surface area (Å²) in [5, 5.41) is -0.0363. The van der Waals surface area contributed by atoms with Gasteiger partial charge in [0.1, 0.15) is 11.4 Å². The number of halogens is 1. The molecule has 4 heterocycles. The zero-order valence-electron chi connectivity index (χ0n) is 32.3. The molecule has 6 aliphatic rings. The molecule has 0 unspecified atom stereocenters. The number of rotatable bonds is 3. The number of fused-ring (bicyclic) bond motifs is 5. The van der Waals surface area contributed by atoms with E-state index in [1.807, 2.05) is 32.2 Å². The van der Waals surface area contributed by atoms with Gasteiger partial charge in [0, 0.05) is 75.0 Å². The highest BCUT2D eigenvalue weighted by molar-refractivity contribution is 7.90. The molecule has 1 spiro atoms. The Morgan fingerprint density at radius 3 is 2.70 bits per heavy atom. The second-order valence-electron chi connectivity index (χ2n) is 17.2. The highest BCUT2D eigenvalue weighted by atomic mass is 35.5. The van der Waals surface area contributed by atoms with Gasteiger partial charge in [-0.1, -0.05) is 36.7 Å². The van der Waals surface area contributed by atoms with Gasteiger partial charge in [-0.2, -0.15) is 0 Å². The second kappa shape index (κ2) is 15.0. The summed E-state index contributed by atoms with van der Waals surface area (Å²) in [7, 11) is -2.11. The number of allylic oxidation sites excluding steroid dienone is 1. The molecule has 10 nitrogen and oxygen atoms in total. The lowest BCUT2D eigenvalue weighted by molar-refractivity contribution is -0.117. The maximum absolute atomic E-state index is 13.7. The molecule has 0 radical (unpaired) electrons. The number of ether oxygens (including phenoxy) is 3. The van der Waals surface area contributed by atoms with Crippen molar-refractivity contribution in [3.8, 4) is 5.75 Å². The van der Waals surface area contributed by atoms with E-state index in [1.165, 1.54) is 11.1 Å². The molecule has 4 aliphatic heterocycles. The zero-order chi connectivity index (χ0) is 37.8. The van der Waals surface area contributed by atoms with E-state index in [-0.39, 0.29) is 23.4 Å². The van der Waals surface area contributed by atoms with Gasteiger partial charge in [-0.05, 0) is 112 Å². The first-order valence-corrected chi connectivity index (χ1v) is 22.0. The maximum Gasteiger partial charge on any atom is 0.264 e. The monoisotopic (exact) mass is 780 g/mol. The number of carbonyl (C=O) groups is 1. The summed E-state index contributed by atoms with van der Waals surface area (Å²) in [6, 6.07) is 12.0. The van der Waals surface area contributed by atoms with Gasteiger partial charge in [-0.25, -0.2) is 13.1 Å². The fourth-order valence-corrected chi connectivity index (χ4v) is 11.8. The summed E-state index contributed by atoms with van der Waals surface area (Å²) < 4.78 is 49.2. The normalized spacial score (nSPS) is 36.4. The van der Waals surface area contributed by atoms with Gasteiger partial charge in [0.25, 0.3) is 5.91 Å². The van der Waals surface area contributed by atoms with Crippen molar-refractivity contribution in [3.63, 3.8) is 0 Å². The van der Waals surface area contributed by atoms with Crippen molar-refractivity contribution >= 4 is 33.2 Å². The molecule has 2 aromatic rings. The highest BCUT2D eigenvalue weighted by Crippen LogP contribution is 2.49. The molecule has 3 fully saturated rings. The predicted molar refractivity (Wildman–Crippen MR) is 212 cm³/mol. The number of hydrogen-bond donors (Lipinski definition) is 1. The Balaban J connectivity index is 1.18. The molecule has 1 saturated carbocycles. The number of nitrogens with zero attached hydrogens (tertiary/aromatic N) is 3. The number of amides is 1. The molecule has 2 saturated heterocycles. The van der Waals surface area contributed by atoms with Gasteiger partial charge in [0.15, 0.2) is 0 Å². The highest BCUT2D eigenvalue weighted by Gasteiger charge is 2.50. The van der Waals surface area contributed by atoms with Gasteiger partial charge >= 0.3 is 0 Å². The quantitative estimate of drug-likeness (QED) is 0.395. The van der Waals surface area contributed by atoms with E-state index in [0.29, 0.717) is 42.8 Å². The van der Waals surface area contributed by atoms with Gasteiger partial charge < -0.3 is 19.1 Å². The van der Waals surface area contributed by atoms with Crippen LogP contribution in [0.2, 0.25) is 5.02 Å². The van der Waals surface area contributed by atoms with Crippen LogP contribution in [0.25, 0.3) is 0 Å². The van der Waals surface area contributed by atoms with Crippen LogP contribution in [-0.4, -0.2) is 113 Å². The lowest BCUT2D eigenvalue weighted by atomic mass is 9.63. The number of carbonyl (C=O) groups excluding carboxylic acids is 1. The van der Waals surface area contributed by atoms with Gasteiger partial charge in [0.2, 0.25) is 10.0 Å². The first-order valence-electron chi connectivity index (χ1n) is 20.1. The second-order valence-corrected chi connectivity index (χ2v) is 19.7. The number of piperazine rings is 1. The van der Waals surface area contributed by atoms with Crippen molar-refractivity contribution in [1.29, 1.82) is 0 Å². The van der Waals surface area contributed by atoms with Crippen LogP contribution < -0.4 is 14.4 Å². The minimum atomic E-state index is -3.96. The average Bonchev–Trinajstić information content (AvgIpc) is 3.29. The summed E-state index contributed by atoms with van der Waals surface area (Å²) in [6.45, 7) is 13.2. The fourth-order valence-electron chi connectivity index (χ4n) is 10.3. The molecule has 2 bridgehead atoms. The Kier molecular flexibility index (Phi) is 10.6. The summed E-state index contributed by atoms with van der Waals surface area (Å²) in [5.41, 5.74) is 2.87. The standard InChI is InChI=1S/C42H57ClN4O6S/c1-28-7-5-16-42(51-4,26-45-17-18-46-21-29(2)52-24-35(46)23-45)37-12-9-33(37)22-47-25-41(15-6-8-31-19-34(43)11-13-36(31)41)27-53-39-14-10-32(20-38(39)47)40(48)44-54(49,50)30(28)3/h5,10-11,13-14,16,19-20,28-30,33,35,37H,6-9,12,15,17-18,21-27H2,1-4H3,(H,44,48)/b16-5+/t28-,29-,30+,33-,35-,37+,41-,42+/m0/s1. The van der Waals surface area contributed by atoms with Crippen LogP contribution >= 0.6 is 11.6 Å². The third kappa shape index (κ3) is 7.22. The van der Waals surface area contributed by atoms with Crippen LogP contribution in [0.5, 0.6) is 5.75 Å². The van der Waals surface area contributed by atoms with Crippen molar-refractivity contribution in [1.82, 2.24) is 14.5 Å². The SMILES string of the molecule is CO[C@@]1(CN2CCN3C[C@H](C)OC[C@@H]3C2)/C=C/C[C@H](C)[C@@H](C)S(=O)(=O)NC(=O)c2ccc3c(c2)N(C[C@@H]2CC[C@H]21)C[C@@]1(CCCc2cc(Cl)ccc21)CO3. The molecule has 8 atom stereocenters. The number of morpholine rings is 1. The van der Waals surface area contributed by atoms with E-state index in [2.05, 4.69) is 50.6 Å². The van der Waals surface area contributed by atoms with Crippen molar-refractivity contribution in [3.05, 3.63) is 70.3 Å². The number of anilines is 1.